The van der Waals surface area contributed by atoms with E-state index in [1.807, 2.05) is 6.92 Å². The van der Waals surface area contributed by atoms with Crippen LogP contribution in [0.4, 0.5) is 0 Å². The highest BCUT2D eigenvalue weighted by atomic mass is 16.5. The summed E-state index contributed by atoms with van der Waals surface area (Å²) in [5, 5.41) is 0. The van der Waals surface area contributed by atoms with E-state index >= 15 is 0 Å². The Morgan fingerprint density at radius 2 is 1.18 bits per heavy atom. The molecule has 0 N–H and O–H groups in total. The van der Waals surface area contributed by atoms with Crippen LogP contribution in [0.15, 0.2) is 0 Å². The largest absolute Gasteiger partial charge is 0.379 e. The second kappa shape index (κ2) is 45.0. The van der Waals surface area contributed by atoms with Gasteiger partial charge in [-0.25, -0.2) is 0 Å². The normalized spacial score (nSPS) is 5.76. The van der Waals surface area contributed by atoms with Crippen LogP contribution in [0.25, 0.3) is 0 Å². The van der Waals surface area contributed by atoms with Crippen LogP contribution in [0.1, 0.15) is 65.8 Å². The van der Waals surface area contributed by atoms with Gasteiger partial charge in [-0.3, -0.25) is 4.79 Å². The van der Waals surface area contributed by atoms with Crippen LogP contribution >= 0.6 is 0 Å². The molecule has 0 aliphatic heterocycles. The first-order valence-electron chi connectivity index (χ1n) is 3.42. The van der Waals surface area contributed by atoms with Gasteiger partial charge in [0.25, 0.3) is 0 Å². The average molecular weight is 258 g/mol. The van der Waals surface area contributed by atoms with Crippen LogP contribution in [-0.4, -0.2) is 32.2 Å². The van der Waals surface area contributed by atoms with E-state index in [1.54, 1.807) is 0 Å². The van der Waals surface area contributed by atoms with Gasteiger partial charge in [0.1, 0.15) is 6.61 Å². The number of Topliss-reactive ketones (excluding diaryl/α,β-unsaturated/α-hetero) is 1. The fourth-order valence-corrected chi connectivity index (χ4v) is 0.478. The first-order chi connectivity index (χ1) is 4.77. The smallest absolute Gasteiger partial charge is 0.155 e. The third-order valence-electron chi connectivity index (χ3n) is 0.881. The molecule has 0 aromatic rings. The van der Waals surface area contributed by atoms with Gasteiger partial charge in [0.2, 0.25) is 0 Å². The number of carbonyl (C=O) groups is 1. The number of hydrogen-bond acceptors (Lipinski definition) is 3. The number of ether oxygens (including phenoxy) is 2. The van der Waals surface area contributed by atoms with E-state index in [1.165, 1.54) is 6.92 Å². The SMILES string of the molecule is C.C.C.C.C.C.C.CCOCCOCC(C)=O. The molecule has 116 valence electrons. The molecule has 0 saturated carbocycles. The molecule has 0 aromatic carbocycles. The second-order valence-corrected chi connectivity index (χ2v) is 1.95. The molecule has 0 rings (SSSR count). The monoisotopic (exact) mass is 258 g/mol. The Hall–Kier alpha value is -0.410. The molecule has 0 heterocycles. The summed E-state index contributed by atoms with van der Waals surface area (Å²) in [5.74, 6) is 0.0523. The van der Waals surface area contributed by atoms with Crippen LogP contribution in [0.3, 0.4) is 0 Å². The molecular formula is C14H42O3. The van der Waals surface area contributed by atoms with Crippen LogP contribution in [0.5, 0.6) is 0 Å². The lowest BCUT2D eigenvalue weighted by Crippen LogP contribution is -2.09. The molecule has 0 saturated heterocycles. The highest BCUT2D eigenvalue weighted by Crippen LogP contribution is 1.78. The maximum atomic E-state index is 10.3. The molecule has 0 spiro atoms. The minimum absolute atomic E-state index is 0. The topological polar surface area (TPSA) is 35.5 Å². The van der Waals surface area contributed by atoms with Crippen molar-refractivity contribution >= 4 is 5.78 Å². The third-order valence-corrected chi connectivity index (χ3v) is 0.881. The van der Waals surface area contributed by atoms with Crippen molar-refractivity contribution in [2.24, 2.45) is 0 Å². The summed E-state index contributed by atoms with van der Waals surface area (Å²) in [5.41, 5.74) is 0. The summed E-state index contributed by atoms with van der Waals surface area (Å²) in [7, 11) is 0. The summed E-state index contributed by atoms with van der Waals surface area (Å²) < 4.78 is 9.90. The molecule has 17 heavy (non-hydrogen) atoms. The first kappa shape index (κ1) is 54.6. The predicted octanol–water partition coefficient (Wildman–Crippen LogP) is 5.08. The molecule has 3 heteroatoms. The Morgan fingerprint density at radius 3 is 1.47 bits per heavy atom. The van der Waals surface area contributed by atoms with Gasteiger partial charge in [0, 0.05) is 6.61 Å². The zero-order valence-corrected chi connectivity index (χ0v) is 6.55. The first-order valence-corrected chi connectivity index (χ1v) is 3.42. The summed E-state index contributed by atoms with van der Waals surface area (Å²) in [6, 6.07) is 0. The molecule has 0 aliphatic rings. The van der Waals surface area contributed by atoms with Gasteiger partial charge in [-0.2, -0.15) is 0 Å². The molecule has 0 atom stereocenters. The maximum Gasteiger partial charge on any atom is 0.155 e. The van der Waals surface area contributed by atoms with E-state index in [-0.39, 0.29) is 64.4 Å². The van der Waals surface area contributed by atoms with E-state index in [2.05, 4.69) is 0 Å². The van der Waals surface area contributed by atoms with Crippen molar-refractivity contribution in [3.8, 4) is 0 Å². The predicted molar refractivity (Wildman–Crippen MR) is 85.1 cm³/mol. The van der Waals surface area contributed by atoms with Crippen molar-refractivity contribution in [2.75, 3.05) is 26.4 Å². The fourth-order valence-electron chi connectivity index (χ4n) is 0.478. The zero-order valence-electron chi connectivity index (χ0n) is 6.55. The standard InChI is InChI=1S/C7H14O3.7CH4/c1-3-9-4-5-10-6-7(2)8;;;;;;;/h3-6H2,1-2H3;7*1H4. The molecular weight excluding hydrogens is 216 g/mol. The maximum absolute atomic E-state index is 10.3. The Labute approximate surface area is 113 Å². The van der Waals surface area contributed by atoms with Gasteiger partial charge < -0.3 is 9.47 Å². The number of carbonyl (C=O) groups excluding carboxylic acids is 1. The Balaban J connectivity index is -0.0000000193. The summed E-state index contributed by atoms with van der Waals surface area (Å²) in [6.45, 7) is 5.40. The quantitative estimate of drug-likeness (QED) is 0.623. The lowest BCUT2D eigenvalue weighted by Gasteiger charge is -2.00. The van der Waals surface area contributed by atoms with E-state index in [4.69, 9.17) is 9.47 Å². The number of ketones is 1. The highest BCUT2D eigenvalue weighted by Gasteiger charge is 1.91. The van der Waals surface area contributed by atoms with E-state index < -0.39 is 0 Å². The Morgan fingerprint density at radius 1 is 0.824 bits per heavy atom. The molecule has 0 unspecified atom stereocenters. The lowest BCUT2D eigenvalue weighted by molar-refractivity contribution is -0.121. The molecule has 3 nitrogen and oxygen atoms in total. The molecule has 0 bridgehead atoms. The van der Waals surface area contributed by atoms with Crippen molar-refractivity contribution < 1.29 is 14.3 Å². The van der Waals surface area contributed by atoms with E-state index in [9.17, 15) is 4.79 Å². The van der Waals surface area contributed by atoms with Gasteiger partial charge in [-0.05, 0) is 13.8 Å². The lowest BCUT2D eigenvalue weighted by atomic mass is 10.5. The van der Waals surface area contributed by atoms with Crippen LogP contribution in [-0.2, 0) is 14.3 Å². The van der Waals surface area contributed by atoms with Gasteiger partial charge in [-0.1, -0.05) is 52.0 Å². The number of rotatable bonds is 6. The second-order valence-electron chi connectivity index (χ2n) is 1.95. The molecule has 0 amide bonds. The minimum atomic E-state index is 0. The van der Waals surface area contributed by atoms with Gasteiger partial charge in [-0.15, -0.1) is 0 Å². The number of hydrogen-bond donors (Lipinski definition) is 0. The Kier molecular flexibility index (Phi) is 145. The average Bonchev–Trinajstić information content (AvgIpc) is 1.87. The summed E-state index contributed by atoms with van der Waals surface area (Å²) >= 11 is 0. The van der Waals surface area contributed by atoms with Crippen molar-refractivity contribution in [1.82, 2.24) is 0 Å². The van der Waals surface area contributed by atoms with Crippen LogP contribution in [0, 0.1) is 0 Å². The molecule has 0 radical (unpaired) electrons. The van der Waals surface area contributed by atoms with Crippen LogP contribution in [0.2, 0.25) is 0 Å². The fraction of sp³-hybridized carbons (Fsp3) is 0.929. The summed E-state index contributed by atoms with van der Waals surface area (Å²) in [6.07, 6.45) is 0. The zero-order chi connectivity index (χ0) is 7.82. The summed E-state index contributed by atoms with van der Waals surface area (Å²) in [4.78, 5) is 10.3. The highest BCUT2D eigenvalue weighted by molar-refractivity contribution is 5.76. The van der Waals surface area contributed by atoms with Crippen molar-refractivity contribution in [3.05, 3.63) is 0 Å². The van der Waals surface area contributed by atoms with Gasteiger partial charge in [0.05, 0.1) is 13.2 Å². The van der Waals surface area contributed by atoms with Crippen molar-refractivity contribution in [3.63, 3.8) is 0 Å². The third kappa shape index (κ3) is 66.3. The van der Waals surface area contributed by atoms with E-state index in [0.717, 1.165) is 0 Å². The van der Waals surface area contributed by atoms with Gasteiger partial charge in [0.15, 0.2) is 5.78 Å². The minimum Gasteiger partial charge on any atom is -0.379 e. The Bertz CT molecular complexity index is 93.5. The van der Waals surface area contributed by atoms with E-state index in [0.29, 0.717) is 19.8 Å². The van der Waals surface area contributed by atoms with Crippen LogP contribution < -0.4 is 0 Å². The van der Waals surface area contributed by atoms with Crippen molar-refractivity contribution in [1.29, 1.82) is 0 Å². The molecule has 0 aliphatic carbocycles. The van der Waals surface area contributed by atoms with Gasteiger partial charge >= 0.3 is 0 Å². The molecule has 0 aromatic heterocycles. The van der Waals surface area contributed by atoms with Crippen molar-refractivity contribution in [2.45, 2.75) is 65.8 Å². The molecule has 0 fully saturated rings.